The van der Waals surface area contributed by atoms with Crippen LogP contribution in [0.4, 0.5) is 0 Å². The molecule has 96 valence electrons. The van der Waals surface area contributed by atoms with Gasteiger partial charge in [-0.1, -0.05) is 48.5 Å². The molecule has 2 nitrogen and oxygen atoms in total. The highest BCUT2D eigenvalue weighted by molar-refractivity contribution is 9.10. The minimum Gasteiger partial charge on any atom is -0.494 e. The summed E-state index contributed by atoms with van der Waals surface area (Å²) >= 11 is 3.47. The highest BCUT2D eigenvalue weighted by atomic mass is 79.9. The molecule has 0 spiro atoms. The number of rotatable bonds is 8. The Labute approximate surface area is 113 Å². The lowest BCUT2D eigenvalue weighted by Gasteiger charge is -2.08. The average molecular weight is 300 g/mol. The van der Waals surface area contributed by atoms with E-state index in [4.69, 9.17) is 10.5 Å². The highest BCUT2D eigenvalue weighted by Crippen LogP contribution is 2.22. The van der Waals surface area contributed by atoms with Crippen molar-refractivity contribution in [1.82, 2.24) is 0 Å². The van der Waals surface area contributed by atoms with Crippen LogP contribution in [0.5, 0.6) is 5.75 Å². The van der Waals surface area contributed by atoms with Crippen molar-refractivity contribution in [3.05, 3.63) is 28.2 Å². The SMILES string of the molecule is CCCCCCCOc1ccc(Br)c(CN)c1. The van der Waals surface area contributed by atoms with Crippen LogP contribution >= 0.6 is 15.9 Å². The summed E-state index contributed by atoms with van der Waals surface area (Å²) in [5.41, 5.74) is 6.73. The Morgan fingerprint density at radius 3 is 2.65 bits per heavy atom. The lowest BCUT2D eigenvalue weighted by molar-refractivity contribution is 0.304. The van der Waals surface area contributed by atoms with E-state index in [1.54, 1.807) is 0 Å². The van der Waals surface area contributed by atoms with Gasteiger partial charge in [-0.25, -0.2) is 0 Å². The number of unbranched alkanes of at least 4 members (excludes halogenated alkanes) is 4. The molecule has 1 aromatic carbocycles. The molecule has 1 rings (SSSR count). The molecular formula is C14H22BrNO. The van der Waals surface area contributed by atoms with Crippen LogP contribution in [-0.2, 0) is 6.54 Å². The van der Waals surface area contributed by atoms with E-state index in [0.29, 0.717) is 6.54 Å². The topological polar surface area (TPSA) is 35.2 Å². The van der Waals surface area contributed by atoms with Crippen molar-refractivity contribution >= 4 is 15.9 Å². The molecule has 0 atom stereocenters. The Kier molecular flexibility index (Phi) is 7.29. The second-order valence-corrected chi connectivity index (χ2v) is 5.07. The molecule has 0 aliphatic heterocycles. The first-order valence-electron chi connectivity index (χ1n) is 6.39. The number of nitrogens with two attached hydrogens (primary N) is 1. The predicted molar refractivity (Wildman–Crippen MR) is 76.3 cm³/mol. The van der Waals surface area contributed by atoms with Gasteiger partial charge in [0.25, 0.3) is 0 Å². The molecule has 17 heavy (non-hydrogen) atoms. The van der Waals surface area contributed by atoms with Crippen LogP contribution in [0.3, 0.4) is 0 Å². The molecule has 0 fully saturated rings. The van der Waals surface area contributed by atoms with Crippen LogP contribution < -0.4 is 10.5 Å². The standard InChI is InChI=1S/C14H22BrNO/c1-2-3-4-5-6-9-17-13-7-8-14(15)12(10-13)11-16/h7-8,10H,2-6,9,11,16H2,1H3. The molecule has 0 unspecified atom stereocenters. The number of hydrogen-bond donors (Lipinski definition) is 1. The molecule has 0 amide bonds. The third kappa shape index (κ3) is 5.55. The Balaban J connectivity index is 2.27. The predicted octanol–water partition coefficient (Wildman–Crippen LogP) is 4.26. The van der Waals surface area contributed by atoms with Crippen molar-refractivity contribution in [2.24, 2.45) is 5.73 Å². The second kappa shape index (κ2) is 8.54. The Bertz CT molecular complexity index is 328. The Morgan fingerprint density at radius 1 is 1.18 bits per heavy atom. The van der Waals surface area contributed by atoms with Crippen molar-refractivity contribution in [2.45, 2.75) is 45.6 Å². The largest absolute Gasteiger partial charge is 0.494 e. The third-order valence-corrected chi connectivity index (χ3v) is 3.53. The van der Waals surface area contributed by atoms with E-state index in [2.05, 4.69) is 22.9 Å². The third-order valence-electron chi connectivity index (χ3n) is 2.75. The van der Waals surface area contributed by atoms with Gasteiger partial charge in [0, 0.05) is 11.0 Å². The molecule has 2 N–H and O–H groups in total. The van der Waals surface area contributed by atoms with Gasteiger partial charge >= 0.3 is 0 Å². The van der Waals surface area contributed by atoms with Crippen LogP contribution in [0.2, 0.25) is 0 Å². The van der Waals surface area contributed by atoms with Crippen molar-refractivity contribution < 1.29 is 4.74 Å². The lowest BCUT2D eigenvalue weighted by Crippen LogP contribution is -2.01. The Morgan fingerprint density at radius 2 is 1.94 bits per heavy atom. The fourth-order valence-corrected chi connectivity index (χ4v) is 2.10. The van der Waals surface area contributed by atoms with Crippen molar-refractivity contribution in [3.63, 3.8) is 0 Å². The van der Waals surface area contributed by atoms with Gasteiger partial charge < -0.3 is 10.5 Å². The van der Waals surface area contributed by atoms with E-state index in [-0.39, 0.29) is 0 Å². The molecule has 0 bridgehead atoms. The van der Waals surface area contributed by atoms with E-state index in [9.17, 15) is 0 Å². The van der Waals surface area contributed by atoms with Gasteiger partial charge in [-0.2, -0.15) is 0 Å². The van der Waals surface area contributed by atoms with Crippen molar-refractivity contribution in [1.29, 1.82) is 0 Å². The van der Waals surface area contributed by atoms with Gasteiger partial charge in [0.1, 0.15) is 5.75 Å². The minimum atomic E-state index is 0.536. The number of halogens is 1. The molecule has 0 radical (unpaired) electrons. The molecule has 0 saturated carbocycles. The average Bonchev–Trinajstić information content (AvgIpc) is 2.35. The van der Waals surface area contributed by atoms with Gasteiger partial charge in [-0.15, -0.1) is 0 Å². The summed E-state index contributed by atoms with van der Waals surface area (Å²) in [6.07, 6.45) is 6.32. The summed E-state index contributed by atoms with van der Waals surface area (Å²) in [4.78, 5) is 0. The normalized spacial score (nSPS) is 10.5. The number of benzene rings is 1. The zero-order chi connectivity index (χ0) is 12.5. The van der Waals surface area contributed by atoms with Crippen molar-refractivity contribution in [3.8, 4) is 5.75 Å². The van der Waals surface area contributed by atoms with Crippen LogP contribution in [0.25, 0.3) is 0 Å². The van der Waals surface area contributed by atoms with Gasteiger partial charge in [-0.3, -0.25) is 0 Å². The first kappa shape index (κ1) is 14.5. The zero-order valence-electron chi connectivity index (χ0n) is 10.5. The summed E-state index contributed by atoms with van der Waals surface area (Å²) in [5, 5.41) is 0. The van der Waals surface area contributed by atoms with Gasteiger partial charge in [0.15, 0.2) is 0 Å². The van der Waals surface area contributed by atoms with Crippen LogP contribution in [0, 0.1) is 0 Å². The number of ether oxygens (including phenoxy) is 1. The zero-order valence-corrected chi connectivity index (χ0v) is 12.1. The maximum Gasteiger partial charge on any atom is 0.119 e. The first-order valence-corrected chi connectivity index (χ1v) is 7.18. The van der Waals surface area contributed by atoms with E-state index in [1.165, 1.54) is 25.7 Å². The maximum atomic E-state index is 5.71. The first-order chi connectivity index (χ1) is 8.27. The van der Waals surface area contributed by atoms with E-state index < -0.39 is 0 Å². The van der Waals surface area contributed by atoms with Crippen LogP contribution in [0.1, 0.15) is 44.6 Å². The van der Waals surface area contributed by atoms with Crippen LogP contribution in [-0.4, -0.2) is 6.61 Å². The Hall–Kier alpha value is -0.540. The highest BCUT2D eigenvalue weighted by Gasteiger charge is 2.00. The molecule has 0 aliphatic rings. The van der Waals surface area contributed by atoms with E-state index >= 15 is 0 Å². The van der Waals surface area contributed by atoms with E-state index in [1.807, 2.05) is 18.2 Å². The molecule has 3 heteroatoms. The monoisotopic (exact) mass is 299 g/mol. The molecule has 0 heterocycles. The molecule has 0 aromatic heterocycles. The van der Waals surface area contributed by atoms with Crippen LogP contribution in [0.15, 0.2) is 22.7 Å². The second-order valence-electron chi connectivity index (χ2n) is 4.22. The summed E-state index contributed by atoms with van der Waals surface area (Å²) in [7, 11) is 0. The lowest BCUT2D eigenvalue weighted by atomic mass is 10.2. The molecule has 1 aromatic rings. The van der Waals surface area contributed by atoms with Gasteiger partial charge in [0.2, 0.25) is 0 Å². The smallest absolute Gasteiger partial charge is 0.119 e. The molecular weight excluding hydrogens is 278 g/mol. The molecule has 0 saturated heterocycles. The quantitative estimate of drug-likeness (QED) is 0.728. The van der Waals surface area contributed by atoms with Crippen molar-refractivity contribution in [2.75, 3.05) is 6.61 Å². The summed E-state index contributed by atoms with van der Waals surface area (Å²) in [5.74, 6) is 0.921. The van der Waals surface area contributed by atoms with Gasteiger partial charge in [0.05, 0.1) is 6.61 Å². The summed E-state index contributed by atoms with van der Waals surface area (Å²) in [6, 6.07) is 5.99. The molecule has 0 aliphatic carbocycles. The summed E-state index contributed by atoms with van der Waals surface area (Å²) in [6.45, 7) is 3.57. The summed E-state index contributed by atoms with van der Waals surface area (Å²) < 4.78 is 6.76. The fourth-order valence-electron chi connectivity index (χ4n) is 1.69. The van der Waals surface area contributed by atoms with Gasteiger partial charge in [-0.05, 0) is 30.2 Å². The van der Waals surface area contributed by atoms with E-state index in [0.717, 1.165) is 28.8 Å². The fraction of sp³-hybridized carbons (Fsp3) is 0.571. The number of hydrogen-bond acceptors (Lipinski definition) is 2. The minimum absolute atomic E-state index is 0.536. The maximum absolute atomic E-state index is 5.71.